The lowest BCUT2D eigenvalue weighted by atomic mass is 10.1. The van der Waals surface area contributed by atoms with E-state index in [4.69, 9.17) is 5.10 Å². The summed E-state index contributed by atoms with van der Waals surface area (Å²) < 4.78 is 1.95. The van der Waals surface area contributed by atoms with Gasteiger partial charge in [-0.05, 0) is 31.2 Å². The van der Waals surface area contributed by atoms with Crippen LogP contribution in [0.5, 0.6) is 0 Å². The average Bonchev–Trinajstić information content (AvgIpc) is 3.08. The van der Waals surface area contributed by atoms with Crippen molar-refractivity contribution in [1.29, 1.82) is 0 Å². The number of para-hydroxylation sites is 1. The average molecular weight is 325 g/mol. The molecule has 0 aliphatic carbocycles. The van der Waals surface area contributed by atoms with Crippen LogP contribution in [0.15, 0.2) is 91.0 Å². The van der Waals surface area contributed by atoms with E-state index in [9.17, 15) is 0 Å². The van der Waals surface area contributed by atoms with Gasteiger partial charge in [0.05, 0.1) is 11.4 Å². The van der Waals surface area contributed by atoms with Gasteiger partial charge in [0, 0.05) is 17.3 Å². The first kappa shape index (κ1) is 15.2. The molecule has 0 bridgehead atoms. The highest BCUT2D eigenvalue weighted by molar-refractivity contribution is 5.68. The minimum absolute atomic E-state index is 0.939. The fourth-order valence-electron chi connectivity index (χ4n) is 2.77. The zero-order valence-electron chi connectivity index (χ0n) is 14.1. The topological polar surface area (TPSA) is 29.9 Å². The molecular formula is C22H19N3. The van der Waals surface area contributed by atoms with E-state index in [1.54, 1.807) is 0 Å². The summed E-state index contributed by atoms with van der Waals surface area (Å²) in [4.78, 5) is 0. The molecule has 0 aliphatic rings. The maximum absolute atomic E-state index is 4.83. The van der Waals surface area contributed by atoms with Crippen LogP contribution in [0.4, 0.5) is 11.5 Å². The maximum Gasteiger partial charge on any atom is 0.134 e. The number of nitrogens with one attached hydrogen (secondary N) is 1. The third-order valence-electron chi connectivity index (χ3n) is 4.10. The van der Waals surface area contributed by atoms with E-state index in [0.29, 0.717) is 0 Å². The van der Waals surface area contributed by atoms with Gasteiger partial charge in [0.2, 0.25) is 0 Å². The van der Waals surface area contributed by atoms with Crippen LogP contribution in [-0.4, -0.2) is 9.78 Å². The quantitative estimate of drug-likeness (QED) is 0.530. The molecule has 0 spiro atoms. The summed E-state index contributed by atoms with van der Waals surface area (Å²) in [6, 6.07) is 30.9. The van der Waals surface area contributed by atoms with Gasteiger partial charge in [-0.3, -0.25) is 0 Å². The van der Waals surface area contributed by atoms with E-state index in [-0.39, 0.29) is 0 Å². The third-order valence-corrected chi connectivity index (χ3v) is 4.10. The van der Waals surface area contributed by atoms with Gasteiger partial charge in [-0.2, -0.15) is 5.10 Å². The predicted molar refractivity (Wildman–Crippen MR) is 103 cm³/mol. The Morgan fingerprint density at radius 3 is 2.08 bits per heavy atom. The second kappa shape index (κ2) is 6.65. The summed E-state index contributed by atoms with van der Waals surface area (Å²) in [6.07, 6.45) is 0. The Morgan fingerprint density at radius 2 is 1.40 bits per heavy atom. The molecule has 0 aliphatic heterocycles. The van der Waals surface area contributed by atoms with Crippen LogP contribution in [-0.2, 0) is 0 Å². The van der Waals surface area contributed by atoms with Gasteiger partial charge in [-0.25, -0.2) is 4.68 Å². The second-order valence-corrected chi connectivity index (χ2v) is 6.02. The number of aromatic nitrogens is 2. The monoisotopic (exact) mass is 325 g/mol. The normalized spacial score (nSPS) is 10.6. The second-order valence-electron chi connectivity index (χ2n) is 6.02. The molecule has 0 unspecified atom stereocenters. The first-order valence-corrected chi connectivity index (χ1v) is 8.34. The van der Waals surface area contributed by atoms with Crippen molar-refractivity contribution in [3.8, 4) is 16.9 Å². The molecule has 0 fully saturated rings. The van der Waals surface area contributed by atoms with E-state index in [2.05, 4.69) is 66.8 Å². The number of nitrogens with zero attached hydrogens (tertiary/aromatic N) is 2. The molecule has 1 heterocycles. The number of hydrogen-bond donors (Lipinski definition) is 1. The van der Waals surface area contributed by atoms with E-state index in [1.165, 1.54) is 5.56 Å². The summed E-state index contributed by atoms with van der Waals surface area (Å²) in [5.41, 5.74) is 5.35. The highest BCUT2D eigenvalue weighted by Gasteiger charge is 2.11. The molecule has 0 atom stereocenters. The van der Waals surface area contributed by atoms with Crippen molar-refractivity contribution >= 4 is 11.5 Å². The molecule has 25 heavy (non-hydrogen) atoms. The SMILES string of the molecule is Cc1ccc(-n2nc(-c3ccccc3)cc2Nc2ccccc2)cc1. The molecule has 0 saturated heterocycles. The van der Waals surface area contributed by atoms with Crippen LogP contribution in [0.1, 0.15) is 5.56 Å². The Hall–Kier alpha value is -3.33. The Bertz CT molecular complexity index is 955. The highest BCUT2D eigenvalue weighted by Crippen LogP contribution is 2.27. The molecule has 3 aromatic carbocycles. The largest absolute Gasteiger partial charge is 0.340 e. The first-order valence-electron chi connectivity index (χ1n) is 8.34. The smallest absolute Gasteiger partial charge is 0.134 e. The van der Waals surface area contributed by atoms with Crippen molar-refractivity contribution in [1.82, 2.24) is 9.78 Å². The fourth-order valence-corrected chi connectivity index (χ4v) is 2.77. The van der Waals surface area contributed by atoms with E-state index < -0.39 is 0 Å². The molecule has 4 aromatic rings. The molecule has 1 aromatic heterocycles. The van der Waals surface area contributed by atoms with Crippen LogP contribution in [0.3, 0.4) is 0 Å². The van der Waals surface area contributed by atoms with Gasteiger partial charge in [0.15, 0.2) is 0 Å². The fraction of sp³-hybridized carbons (Fsp3) is 0.0455. The maximum atomic E-state index is 4.83. The molecule has 3 nitrogen and oxygen atoms in total. The lowest BCUT2D eigenvalue weighted by molar-refractivity contribution is 0.891. The van der Waals surface area contributed by atoms with Crippen LogP contribution >= 0.6 is 0 Å². The minimum Gasteiger partial charge on any atom is -0.340 e. The molecule has 0 radical (unpaired) electrons. The number of hydrogen-bond acceptors (Lipinski definition) is 2. The van der Waals surface area contributed by atoms with E-state index in [0.717, 1.165) is 28.5 Å². The number of benzene rings is 3. The predicted octanol–water partition coefficient (Wildman–Crippen LogP) is 5.59. The third kappa shape index (κ3) is 3.31. The van der Waals surface area contributed by atoms with Crippen LogP contribution in [0.25, 0.3) is 16.9 Å². The Balaban J connectivity index is 1.80. The Kier molecular flexibility index (Phi) is 4.05. The summed E-state index contributed by atoms with van der Waals surface area (Å²) in [5.74, 6) is 0.939. The zero-order chi connectivity index (χ0) is 17.1. The first-order chi connectivity index (χ1) is 12.3. The Morgan fingerprint density at radius 1 is 0.760 bits per heavy atom. The van der Waals surface area contributed by atoms with Crippen molar-refractivity contribution in [2.24, 2.45) is 0 Å². The highest BCUT2D eigenvalue weighted by atomic mass is 15.3. The number of anilines is 2. The van der Waals surface area contributed by atoms with Gasteiger partial charge in [-0.1, -0.05) is 66.2 Å². The summed E-state index contributed by atoms with van der Waals surface area (Å²) in [7, 11) is 0. The van der Waals surface area contributed by atoms with Crippen LogP contribution in [0, 0.1) is 6.92 Å². The van der Waals surface area contributed by atoms with Gasteiger partial charge in [-0.15, -0.1) is 0 Å². The van der Waals surface area contributed by atoms with E-state index >= 15 is 0 Å². The lowest BCUT2D eigenvalue weighted by Crippen LogP contribution is -2.02. The molecular weight excluding hydrogens is 306 g/mol. The molecule has 122 valence electrons. The van der Waals surface area contributed by atoms with Crippen molar-refractivity contribution in [2.45, 2.75) is 6.92 Å². The van der Waals surface area contributed by atoms with Crippen molar-refractivity contribution in [3.05, 3.63) is 96.6 Å². The van der Waals surface area contributed by atoms with Gasteiger partial charge < -0.3 is 5.32 Å². The molecule has 1 N–H and O–H groups in total. The van der Waals surface area contributed by atoms with Gasteiger partial charge in [0.25, 0.3) is 0 Å². The van der Waals surface area contributed by atoms with E-state index in [1.807, 2.05) is 41.1 Å². The summed E-state index contributed by atoms with van der Waals surface area (Å²) in [6.45, 7) is 2.09. The van der Waals surface area contributed by atoms with Crippen LogP contribution < -0.4 is 5.32 Å². The van der Waals surface area contributed by atoms with Crippen molar-refractivity contribution in [2.75, 3.05) is 5.32 Å². The lowest BCUT2D eigenvalue weighted by Gasteiger charge is -2.10. The Labute approximate surface area is 147 Å². The number of rotatable bonds is 4. The molecule has 3 heteroatoms. The van der Waals surface area contributed by atoms with Crippen molar-refractivity contribution in [3.63, 3.8) is 0 Å². The van der Waals surface area contributed by atoms with Gasteiger partial charge >= 0.3 is 0 Å². The molecule has 0 amide bonds. The van der Waals surface area contributed by atoms with Crippen molar-refractivity contribution < 1.29 is 0 Å². The van der Waals surface area contributed by atoms with Gasteiger partial charge in [0.1, 0.15) is 5.82 Å². The zero-order valence-corrected chi connectivity index (χ0v) is 14.1. The summed E-state index contributed by atoms with van der Waals surface area (Å²) >= 11 is 0. The van der Waals surface area contributed by atoms with Crippen LogP contribution in [0.2, 0.25) is 0 Å². The standard InChI is InChI=1S/C22H19N3/c1-17-12-14-20(15-13-17)25-22(23-19-10-6-3-7-11-19)16-21(24-25)18-8-4-2-5-9-18/h2-16,23H,1H3. The molecule has 4 rings (SSSR count). The summed E-state index contributed by atoms with van der Waals surface area (Å²) in [5, 5.41) is 8.31. The number of aryl methyl sites for hydroxylation is 1. The molecule has 0 saturated carbocycles. The minimum atomic E-state index is 0.939.